The third-order valence-electron chi connectivity index (χ3n) is 1.60. The quantitative estimate of drug-likeness (QED) is 0.748. The molecule has 0 radical (unpaired) electrons. The van der Waals surface area contributed by atoms with Crippen LogP contribution in [0.3, 0.4) is 0 Å². The van der Waals surface area contributed by atoms with Crippen LogP contribution in [0.5, 0.6) is 0 Å². The number of carbonyl (C=O) groups is 1. The Hall–Kier alpha value is -0.130. The summed E-state index contributed by atoms with van der Waals surface area (Å²) >= 11 is 10.1. The average molecular weight is 398 g/mol. The smallest absolute Gasteiger partial charge is 0.228 e. The molecular formula is C10H8Br3NO. The summed E-state index contributed by atoms with van der Waals surface area (Å²) in [5.74, 6) is -0.0891. The highest BCUT2D eigenvalue weighted by Gasteiger charge is 2.09. The van der Waals surface area contributed by atoms with Crippen LogP contribution in [0.25, 0.3) is 0 Å². The molecule has 0 aliphatic heterocycles. The zero-order valence-corrected chi connectivity index (χ0v) is 12.4. The van der Waals surface area contributed by atoms with Crippen LogP contribution in [0.4, 0.5) is 5.69 Å². The highest BCUT2D eigenvalue weighted by atomic mass is 79.9. The Bertz CT molecular complexity index is 381. The van der Waals surface area contributed by atoms with Crippen molar-refractivity contribution in [2.45, 2.75) is 6.42 Å². The molecular weight excluding hydrogens is 390 g/mol. The van der Waals surface area contributed by atoms with E-state index in [1.54, 1.807) is 6.08 Å². The van der Waals surface area contributed by atoms with Crippen LogP contribution >= 0.6 is 47.8 Å². The summed E-state index contributed by atoms with van der Waals surface area (Å²) in [5.41, 5.74) is 0.727. The lowest BCUT2D eigenvalue weighted by molar-refractivity contribution is -0.115. The van der Waals surface area contributed by atoms with Gasteiger partial charge in [-0.15, -0.1) is 6.58 Å². The summed E-state index contributed by atoms with van der Waals surface area (Å²) in [6.07, 6.45) is 1.87. The van der Waals surface area contributed by atoms with Crippen molar-refractivity contribution >= 4 is 59.4 Å². The molecule has 0 bridgehead atoms. The molecule has 80 valence electrons. The maximum absolute atomic E-state index is 11.4. The zero-order chi connectivity index (χ0) is 11.4. The predicted molar refractivity (Wildman–Crippen MR) is 73.0 cm³/mol. The lowest BCUT2D eigenvalue weighted by Crippen LogP contribution is -2.10. The molecule has 0 saturated carbocycles. The maximum Gasteiger partial charge on any atom is 0.228 e. The second-order valence-corrected chi connectivity index (χ2v) is 5.41. The first-order valence-corrected chi connectivity index (χ1v) is 6.47. The topological polar surface area (TPSA) is 29.1 Å². The van der Waals surface area contributed by atoms with Gasteiger partial charge in [-0.1, -0.05) is 22.0 Å². The van der Waals surface area contributed by atoms with Gasteiger partial charge in [0.05, 0.1) is 5.69 Å². The fraction of sp³-hybridized carbons (Fsp3) is 0.100. The Labute approximate surface area is 114 Å². The van der Waals surface area contributed by atoms with Crippen molar-refractivity contribution < 1.29 is 4.79 Å². The minimum atomic E-state index is -0.0891. The molecule has 1 N–H and O–H groups in total. The summed E-state index contributed by atoms with van der Waals surface area (Å²) in [7, 11) is 0. The summed E-state index contributed by atoms with van der Waals surface area (Å²) in [6, 6.07) is 3.74. The summed E-state index contributed by atoms with van der Waals surface area (Å²) < 4.78 is 2.57. The summed E-state index contributed by atoms with van der Waals surface area (Å²) in [5, 5.41) is 2.78. The van der Waals surface area contributed by atoms with E-state index in [2.05, 4.69) is 59.7 Å². The third-order valence-corrected chi connectivity index (χ3v) is 3.31. The van der Waals surface area contributed by atoms with E-state index in [9.17, 15) is 4.79 Å². The molecule has 0 spiro atoms. The van der Waals surface area contributed by atoms with E-state index in [4.69, 9.17) is 0 Å². The van der Waals surface area contributed by atoms with E-state index in [0.717, 1.165) is 19.1 Å². The molecule has 0 heterocycles. The first kappa shape index (κ1) is 12.9. The van der Waals surface area contributed by atoms with Crippen molar-refractivity contribution in [1.29, 1.82) is 0 Å². The average Bonchev–Trinajstić information content (AvgIpc) is 2.11. The van der Waals surface area contributed by atoms with Gasteiger partial charge in [0.2, 0.25) is 5.91 Å². The number of carbonyl (C=O) groups excluding carboxylic acids is 1. The second kappa shape index (κ2) is 5.82. The van der Waals surface area contributed by atoms with E-state index in [0.29, 0.717) is 6.42 Å². The van der Waals surface area contributed by atoms with Gasteiger partial charge >= 0.3 is 0 Å². The normalized spacial score (nSPS) is 9.80. The summed E-state index contributed by atoms with van der Waals surface area (Å²) in [6.45, 7) is 3.51. The van der Waals surface area contributed by atoms with Gasteiger partial charge in [0.1, 0.15) is 0 Å². The number of rotatable bonds is 3. The fourth-order valence-electron chi connectivity index (χ4n) is 0.983. The van der Waals surface area contributed by atoms with Crippen LogP contribution in [0.15, 0.2) is 38.2 Å². The van der Waals surface area contributed by atoms with Gasteiger partial charge < -0.3 is 5.32 Å². The molecule has 15 heavy (non-hydrogen) atoms. The lowest BCUT2D eigenvalue weighted by atomic mass is 10.3. The number of amides is 1. The molecule has 2 nitrogen and oxygen atoms in total. The number of halogens is 3. The Morgan fingerprint density at radius 3 is 2.33 bits per heavy atom. The molecule has 0 unspecified atom stereocenters. The van der Waals surface area contributed by atoms with E-state index in [-0.39, 0.29) is 5.91 Å². The Kier molecular flexibility index (Phi) is 5.02. The molecule has 0 aliphatic rings. The highest BCUT2D eigenvalue weighted by Crippen LogP contribution is 2.34. The molecule has 1 aromatic carbocycles. The number of hydrogen-bond donors (Lipinski definition) is 1. The highest BCUT2D eigenvalue weighted by molar-refractivity contribution is 9.11. The first-order valence-electron chi connectivity index (χ1n) is 4.10. The molecule has 1 amide bonds. The van der Waals surface area contributed by atoms with Crippen molar-refractivity contribution in [3.8, 4) is 0 Å². The maximum atomic E-state index is 11.4. The van der Waals surface area contributed by atoms with E-state index < -0.39 is 0 Å². The van der Waals surface area contributed by atoms with Crippen LogP contribution in [-0.2, 0) is 4.79 Å². The van der Waals surface area contributed by atoms with Gasteiger partial charge in [-0.05, 0) is 44.0 Å². The molecule has 0 atom stereocenters. The molecule has 5 heteroatoms. The van der Waals surface area contributed by atoms with Crippen LogP contribution in [-0.4, -0.2) is 5.91 Å². The van der Waals surface area contributed by atoms with Crippen LogP contribution in [0, 0.1) is 0 Å². The van der Waals surface area contributed by atoms with Crippen LogP contribution in [0.2, 0.25) is 0 Å². The Morgan fingerprint density at radius 1 is 1.33 bits per heavy atom. The van der Waals surface area contributed by atoms with Gasteiger partial charge in [0.15, 0.2) is 0 Å². The number of benzene rings is 1. The molecule has 1 aromatic rings. The van der Waals surface area contributed by atoms with Crippen molar-refractivity contribution in [2.24, 2.45) is 0 Å². The molecule has 1 rings (SSSR count). The van der Waals surface area contributed by atoms with E-state index in [1.165, 1.54) is 0 Å². The monoisotopic (exact) mass is 395 g/mol. The van der Waals surface area contributed by atoms with Crippen LogP contribution in [0.1, 0.15) is 6.42 Å². The molecule has 0 aromatic heterocycles. The predicted octanol–water partition coefficient (Wildman–Crippen LogP) is 4.49. The number of nitrogens with one attached hydrogen (secondary N) is 1. The number of anilines is 1. The third kappa shape index (κ3) is 3.74. The minimum absolute atomic E-state index is 0.0891. The summed E-state index contributed by atoms with van der Waals surface area (Å²) in [4.78, 5) is 11.4. The van der Waals surface area contributed by atoms with Gasteiger partial charge in [-0.2, -0.15) is 0 Å². The largest absolute Gasteiger partial charge is 0.324 e. The van der Waals surface area contributed by atoms with Gasteiger partial charge in [-0.25, -0.2) is 0 Å². The van der Waals surface area contributed by atoms with Gasteiger partial charge in [0.25, 0.3) is 0 Å². The Balaban J connectivity index is 2.94. The van der Waals surface area contributed by atoms with Crippen LogP contribution < -0.4 is 5.32 Å². The second-order valence-electron chi connectivity index (χ2n) is 2.79. The fourth-order valence-corrected chi connectivity index (χ4v) is 3.44. The lowest BCUT2D eigenvalue weighted by Gasteiger charge is -2.09. The number of hydrogen-bond acceptors (Lipinski definition) is 1. The van der Waals surface area contributed by atoms with E-state index in [1.807, 2.05) is 12.1 Å². The van der Waals surface area contributed by atoms with Crippen molar-refractivity contribution in [2.75, 3.05) is 5.32 Å². The van der Waals surface area contributed by atoms with Crippen molar-refractivity contribution in [3.05, 3.63) is 38.2 Å². The molecule has 0 saturated heterocycles. The molecule has 0 fully saturated rings. The van der Waals surface area contributed by atoms with Crippen molar-refractivity contribution in [3.63, 3.8) is 0 Å². The van der Waals surface area contributed by atoms with Crippen molar-refractivity contribution in [1.82, 2.24) is 0 Å². The zero-order valence-electron chi connectivity index (χ0n) is 7.69. The Morgan fingerprint density at radius 2 is 1.87 bits per heavy atom. The van der Waals surface area contributed by atoms with Gasteiger partial charge in [0, 0.05) is 19.8 Å². The minimum Gasteiger partial charge on any atom is -0.324 e. The van der Waals surface area contributed by atoms with E-state index >= 15 is 0 Å². The molecule has 0 aliphatic carbocycles. The first-order chi connectivity index (χ1) is 7.04. The van der Waals surface area contributed by atoms with Gasteiger partial charge in [-0.3, -0.25) is 4.79 Å². The standard InChI is InChI=1S/C10H8Br3NO/c1-2-3-9(15)14-10-7(12)4-6(11)5-8(10)13/h2,4-5H,1,3H2,(H,14,15). The SMILES string of the molecule is C=CCC(=O)Nc1c(Br)cc(Br)cc1Br.